The topological polar surface area (TPSA) is 99.5 Å². The molecule has 0 aromatic heterocycles. The first-order chi connectivity index (χ1) is 19.0. The minimum Gasteiger partial charge on any atom is -0.199 e. The molecule has 0 unspecified atom stereocenters. The van der Waals surface area contributed by atoms with Gasteiger partial charge in [0.1, 0.15) is 0 Å². The molecule has 0 bridgehead atoms. The van der Waals surface area contributed by atoms with Crippen molar-refractivity contribution in [2.45, 2.75) is 37.5 Å². The lowest BCUT2D eigenvalue weighted by atomic mass is 10.1. The molecule has 1 heterocycles. The predicted molar refractivity (Wildman–Crippen MR) is 156 cm³/mol. The van der Waals surface area contributed by atoms with Crippen molar-refractivity contribution >= 4 is 31.7 Å². The van der Waals surface area contributed by atoms with Crippen LogP contribution in [0.1, 0.15) is 33.4 Å². The van der Waals surface area contributed by atoms with Crippen LogP contribution in [-0.4, -0.2) is 37.3 Å². The zero-order chi connectivity index (χ0) is 28.7. The second-order valence-corrected chi connectivity index (χ2v) is 13.2. The van der Waals surface area contributed by atoms with Crippen molar-refractivity contribution in [3.8, 4) is 0 Å². The van der Waals surface area contributed by atoms with Crippen LogP contribution in [0.4, 0.5) is 0 Å². The lowest BCUT2D eigenvalue weighted by Crippen LogP contribution is -2.45. The average Bonchev–Trinajstić information content (AvgIpc) is 2.94. The maximum atomic E-state index is 14.0. The zero-order valence-corrected chi connectivity index (χ0v) is 24.1. The van der Waals surface area contributed by atoms with Gasteiger partial charge in [-0.2, -0.15) is 16.8 Å². The van der Waals surface area contributed by atoms with Gasteiger partial charge < -0.3 is 0 Å². The Morgan fingerprint density at radius 1 is 0.425 bits per heavy atom. The highest BCUT2D eigenvalue weighted by molar-refractivity contribution is 7.90. The first kappa shape index (κ1) is 27.3. The Bertz CT molecular complexity index is 1690. The quantitative estimate of drug-likeness (QED) is 0.311. The molecule has 0 spiro atoms. The maximum absolute atomic E-state index is 14.0. The molecule has 1 aliphatic heterocycles. The van der Waals surface area contributed by atoms with Gasteiger partial charge in [0, 0.05) is 11.1 Å². The monoisotopic (exact) mass is 572 g/mol. The molecule has 0 saturated carbocycles. The summed E-state index contributed by atoms with van der Waals surface area (Å²) in [5.74, 6) is -0.292. The third kappa shape index (κ3) is 5.15. The molecule has 0 amide bonds. The Morgan fingerprint density at radius 3 is 0.950 bits per heavy atom. The zero-order valence-electron chi connectivity index (χ0n) is 22.5. The van der Waals surface area contributed by atoms with E-state index in [2.05, 4.69) is 10.2 Å². The van der Waals surface area contributed by atoms with Crippen LogP contribution < -0.4 is 0 Å². The fourth-order valence-electron chi connectivity index (χ4n) is 4.04. The second kappa shape index (κ2) is 10.4. The lowest BCUT2D eigenvalue weighted by Gasteiger charge is -2.31. The van der Waals surface area contributed by atoms with Gasteiger partial charge in [0.25, 0.3) is 20.0 Å². The van der Waals surface area contributed by atoms with E-state index in [-0.39, 0.29) is 21.5 Å². The normalized spacial score (nSPS) is 14.1. The molecule has 204 valence electrons. The number of hydrogen-bond donors (Lipinski definition) is 0. The molecule has 0 saturated heterocycles. The van der Waals surface area contributed by atoms with Crippen LogP contribution in [0.2, 0.25) is 0 Å². The number of hydrogen-bond acceptors (Lipinski definition) is 6. The summed E-state index contributed by atoms with van der Waals surface area (Å²) < 4.78 is 57.7. The number of benzene rings is 4. The molecule has 0 aliphatic carbocycles. The summed E-state index contributed by atoms with van der Waals surface area (Å²) in [7, 11) is -8.56. The third-order valence-electron chi connectivity index (χ3n) is 6.45. The number of amidine groups is 2. The Hall–Kier alpha value is -4.28. The van der Waals surface area contributed by atoms with Gasteiger partial charge in [0.05, 0.1) is 9.79 Å². The van der Waals surface area contributed by atoms with Gasteiger partial charge in [-0.15, -0.1) is 19.0 Å². The van der Waals surface area contributed by atoms with Crippen molar-refractivity contribution in [3.05, 3.63) is 130 Å². The second-order valence-electron chi connectivity index (χ2n) is 9.70. The van der Waals surface area contributed by atoms with Crippen LogP contribution in [0.15, 0.2) is 117 Å². The fourth-order valence-corrected chi connectivity index (χ4v) is 6.51. The van der Waals surface area contributed by atoms with Gasteiger partial charge in [0.2, 0.25) is 0 Å². The highest BCUT2D eigenvalue weighted by Crippen LogP contribution is 2.29. The molecule has 0 N–H and O–H groups in total. The Morgan fingerprint density at radius 2 is 0.675 bits per heavy atom. The summed E-state index contributed by atoms with van der Waals surface area (Å²) in [6.07, 6.45) is 0. The molecule has 5 rings (SSSR count). The third-order valence-corrected chi connectivity index (χ3v) is 9.60. The highest BCUT2D eigenvalue weighted by Gasteiger charge is 2.39. The van der Waals surface area contributed by atoms with Gasteiger partial charge in [0.15, 0.2) is 11.7 Å². The molecule has 0 atom stereocenters. The Kier molecular flexibility index (Phi) is 7.07. The number of sulfonamides is 2. The van der Waals surface area contributed by atoms with E-state index in [1.807, 2.05) is 27.7 Å². The van der Waals surface area contributed by atoms with Gasteiger partial charge in [-0.3, -0.25) is 0 Å². The van der Waals surface area contributed by atoms with Crippen LogP contribution in [0.5, 0.6) is 0 Å². The first-order valence-electron chi connectivity index (χ1n) is 12.5. The van der Waals surface area contributed by atoms with Crippen LogP contribution in [-0.2, 0) is 20.0 Å². The number of aryl methyl sites for hydroxylation is 4. The van der Waals surface area contributed by atoms with Gasteiger partial charge >= 0.3 is 0 Å². The number of hydrazone groups is 2. The minimum absolute atomic E-state index is 0.000223. The maximum Gasteiger partial charge on any atom is 0.285 e. The molecule has 4 aromatic carbocycles. The van der Waals surface area contributed by atoms with E-state index in [9.17, 15) is 16.8 Å². The van der Waals surface area contributed by atoms with Crippen LogP contribution in [0.3, 0.4) is 0 Å². The van der Waals surface area contributed by atoms with Gasteiger partial charge in [-0.05, 0) is 52.0 Å². The molecule has 10 heteroatoms. The van der Waals surface area contributed by atoms with Gasteiger partial charge in [-0.1, -0.05) is 95.1 Å². The smallest absolute Gasteiger partial charge is 0.199 e. The molecule has 1 aliphatic rings. The SMILES string of the molecule is Cc1ccc(C2=NN(S(=O)(=O)c3ccc(C)cc3)C(c3ccc(C)cc3)=NN2S(=O)(=O)c2ccc(C)cc2)cc1. The largest absolute Gasteiger partial charge is 0.285 e. The molecule has 0 fully saturated rings. The van der Waals surface area contributed by atoms with E-state index in [1.54, 1.807) is 72.8 Å². The van der Waals surface area contributed by atoms with E-state index in [0.29, 0.717) is 11.1 Å². The van der Waals surface area contributed by atoms with Crippen molar-refractivity contribution < 1.29 is 16.8 Å². The van der Waals surface area contributed by atoms with Crippen LogP contribution >= 0.6 is 0 Å². The summed E-state index contributed by atoms with van der Waals surface area (Å²) in [5, 5.41) is 9.00. The standard InChI is InChI=1S/C30H28N4O4S2/c1-21-5-13-25(14-6-21)29-31-34(40(37,38)28-19-11-24(4)12-20-28)30(26-15-7-22(2)8-16-26)32-33(29)39(35,36)27-17-9-23(3)10-18-27/h5-20H,1-4H3. The summed E-state index contributed by atoms with van der Waals surface area (Å²) in [6.45, 7) is 7.51. The van der Waals surface area contributed by atoms with Crippen LogP contribution in [0.25, 0.3) is 0 Å². The molecular formula is C30H28N4O4S2. The van der Waals surface area contributed by atoms with Crippen molar-refractivity contribution in [3.63, 3.8) is 0 Å². The number of rotatable bonds is 6. The first-order valence-corrected chi connectivity index (χ1v) is 15.4. The summed E-state index contributed by atoms with van der Waals surface area (Å²) in [4.78, 5) is -0.000445. The van der Waals surface area contributed by atoms with E-state index in [4.69, 9.17) is 0 Å². The molecular weight excluding hydrogens is 544 g/mol. The minimum atomic E-state index is -4.28. The molecule has 0 radical (unpaired) electrons. The molecule has 8 nitrogen and oxygen atoms in total. The van der Waals surface area contributed by atoms with E-state index in [1.165, 1.54) is 24.3 Å². The number of nitrogens with zero attached hydrogens (tertiary/aromatic N) is 4. The van der Waals surface area contributed by atoms with Crippen molar-refractivity contribution in [2.75, 3.05) is 0 Å². The van der Waals surface area contributed by atoms with Crippen molar-refractivity contribution in [1.82, 2.24) is 8.83 Å². The van der Waals surface area contributed by atoms with Crippen molar-refractivity contribution in [2.24, 2.45) is 10.2 Å². The van der Waals surface area contributed by atoms with Gasteiger partial charge in [-0.25, -0.2) is 0 Å². The summed E-state index contributed by atoms with van der Waals surface area (Å²) in [6, 6.07) is 26.7. The Balaban J connectivity index is 1.78. The summed E-state index contributed by atoms with van der Waals surface area (Å²) in [5.41, 5.74) is 4.45. The fraction of sp³-hybridized carbons (Fsp3) is 0.133. The van der Waals surface area contributed by atoms with Crippen molar-refractivity contribution in [1.29, 1.82) is 0 Å². The lowest BCUT2D eigenvalue weighted by molar-refractivity contribution is 0.488. The average molecular weight is 573 g/mol. The highest BCUT2D eigenvalue weighted by atomic mass is 32.2. The Labute approximate surface area is 235 Å². The van der Waals surface area contributed by atoms with E-state index < -0.39 is 20.0 Å². The predicted octanol–water partition coefficient (Wildman–Crippen LogP) is 5.34. The van der Waals surface area contributed by atoms with E-state index >= 15 is 0 Å². The van der Waals surface area contributed by atoms with E-state index in [0.717, 1.165) is 31.1 Å². The molecule has 40 heavy (non-hydrogen) atoms. The van der Waals surface area contributed by atoms with Crippen LogP contribution in [0, 0.1) is 27.7 Å². The summed E-state index contributed by atoms with van der Waals surface area (Å²) >= 11 is 0. The molecule has 4 aromatic rings.